The van der Waals surface area contributed by atoms with E-state index in [4.69, 9.17) is 16.3 Å². The van der Waals surface area contributed by atoms with Crippen molar-refractivity contribution in [1.82, 2.24) is 9.97 Å². The zero-order valence-electron chi connectivity index (χ0n) is 8.14. The van der Waals surface area contributed by atoms with Crippen LogP contribution in [0.4, 0.5) is 0 Å². The van der Waals surface area contributed by atoms with Crippen molar-refractivity contribution in [2.75, 3.05) is 0 Å². The highest BCUT2D eigenvalue weighted by molar-refractivity contribution is 6.28. The second-order valence-electron chi connectivity index (χ2n) is 3.11. The van der Waals surface area contributed by atoms with E-state index < -0.39 is 0 Å². The highest BCUT2D eigenvalue weighted by Gasteiger charge is 1.98. The molecule has 2 aromatic rings. The molecule has 0 saturated heterocycles. The van der Waals surface area contributed by atoms with Gasteiger partial charge in [0.1, 0.15) is 5.75 Å². The van der Waals surface area contributed by atoms with Gasteiger partial charge >= 0.3 is 0 Å². The number of aryl methyl sites for hydroxylation is 1. The van der Waals surface area contributed by atoms with Crippen LogP contribution in [0.1, 0.15) is 5.56 Å². The fourth-order valence-corrected chi connectivity index (χ4v) is 1.27. The van der Waals surface area contributed by atoms with E-state index in [1.807, 2.05) is 31.2 Å². The molecule has 2 rings (SSSR count). The van der Waals surface area contributed by atoms with Crippen LogP contribution in [0.3, 0.4) is 0 Å². The molecule has 0 aliphatic rings. The number of ether oxygens (including phenoxy) is 1. The predicted octanol–water partition coefficient (Wildman–Crippen LogP) is 3.23. The van der Waals surface area contributed by atoms with Gasteiger partial charge < -0.3 is 4.74 Å². The minimum absolute atomic E-state index is 0.214. The largest absolute Gasteiger partial charge is 0.454 e. The van der Waals surface area contributed by atoms with Crippen LogP contribution in [0.25, 0.3) is 0 Å². The molecule has 4 heteroatoms. The van der Waals surface area contributed by atoms with E-state index in [0.717, 1.165) is 11.3 Å². The molecule has 0 aliphatic heterocycles. The van der Waals surface area contributed by atoms with E-state index in [0.29, 0.717) is 5.75 Å². The normalized spacial score (nSPS) is 10.0. The van der Waals surface area contributed by atoms with Crippen LogP contribution in [-0.4, -0.2) is 9.97 Å². The SMILES string of the molecule is Cc1cccc(Oc2cnc(Cl)nc2)c1. The van der Waals surface area contributed by atoms with E-state index in [1.165, 1.54) is 12.4 Å². The van der Waals surface area contributed by atoms with Crippen molar-refractivity contribution in [3.8, 4) is 11.5 Å². The predicted molar refractivity (Wildman–Crippen MR) is 58.3 cm³/mol. The molecule has 76 valence electrons. The van der Waals surface area contributed by atoms with Crippen molar-refractivity contribution >= 4 is 11.6 Å². The number of nitrogens with zero attached hydrogens (tertiary/aromatic N) is 2. The Kier molecular flexibility index (Phi) is 2.83. The third-order valence-corrected chi connectivity index (χ3v) is 2.02. The summed E-state index contributed by atoms with van der Waals surface area (Å²) in [5.41, 5.74) is 1.14. The molecule has 1 aromatic carbocycles. The lowest BCUT2D eigenvalue weighted by Gasteiger charge is -2.04. The van der Waals surface area contributed by atoms with Crippen LogP contribution in [0.5, 0.6) is 11.5 Å². The summed E-state index contributed by atoms with van der Waals surface area (Å²) >= 11 is 5.56. The molecular weight excluding hydrogens is 212 g/mol. The van der Waals surface area contributed by atoms with Gasteiger partial charge in [0, 0.05) is 0 Å². The topological polar surface area (TPSA) is 35.0 Å². The lowest BCUT2D eigenvalue weighted by atomic mass is 10.2. The fraction of sp³-hybridized carbons (Fsp3) is 0.0909. The Balaban J connectivity index is 2.18. The van der Waals surface area contributed by atoms with Gasteiger partial charge in [-0.25, -0.2) is 9.97 Å². The van der Waals surface area contributed by atoms with E-state index in [9.17, 15) is 0 Å². The van der Waals surface area contributed by atoms with Gasteiger partial charge in [-0.05, 0) is 36.2 Å². The maximum Gasteiger partial charge on any atom is 0.222 e. The number of aromatic nitrogens is 2. The molecule has 0 unspecified atom stereocenters. The Morgan fingerprint density at radius 2 is 1.87 bits per heavy atom. The van der Waals surface area contributed by atoms with Gasteiger partial charge in [-0.1, -0.05) is 12.1 Å². The molecule has 1 aromatic heterocycles. The molecule has 0 bridgehead atoms. The number of hydrogen-bond acceptors (Lipinski definition) is 3. The van der Waals surface area contributed by atoms with Crippen LogP contribution in [-0.2, 0) is 0 Å². The van der Waals surface area contributed by atoms with Crippen molar-refractivity contribution in [3.63, 3.8) is 0 Å². The van der Waals surface area contributed by atoms with Crippen LogP contribution >= 0.6 is 11.6 Å². The quantitative estimate of drug-likeness (QED) is 0.729. The first-order valence-electron chi connectivity index (χ1n) is 4.46. The first-order chi connectivity index (χ1) is 7.24. The van der Waals surface area contributed by atoms with E-state index in [-0.39, 0.29) is 5.28 Å². The Morgan fingerprint density at radius 3 is 2.53 bits per heavy atom. The minimum Gasteiger partial charge on any atom is -0.454 e. The van der Waals surface area contributed by atoms with Gasteiger partial charge in [0.05, 0.1) is 12.4 Å². The summed E-state index contributed by atoms with van der Waals surface area (Å²) in [6, 6.07) is 7.75. The monoisotopic (exact) mass is 220 g/mol. The van der Waals surface area contributed by atoms with E-state index in [1.54, 1.807) is 0 Å². The summed E-state index contributed by atoms with van der Waals surface area (Å²) in [4.78, 5) is 7.65. The summed E-state index contributed by atoms with van der Waals surface area (Å²) in [6.45, 7) is 2.01. The molecule has 15 heavy (non-hydrogen) atoms. The summed E-state index contributed by atoms with van der Waals surface area (Å²) in [7, 11) is 0. The molecule has 0 amide bonds. The average Bonchev–Trinajstić information content (AvgIpc) is 2.22. The van der Waals surface area contributed by atoms with Gasteiger partial charge in [-0.3, -0.25) is 0 Å². The Hall–Kier alpha value is -1.61. The van der Waals surface area contributed by atoms with Crippen molar-refractivity contribution in [2.45, 2.75) is 6.92 Å². The van der Waals surface area contributed by atoms with Crippen LogP contribution in [0, 0.1) is 6.92 Å². The number of halogens is 1. The number of benzene rings is 1. The van der Waals surface area contributed by atoms with Crippen LogP contribution < -0.4 is 4.74 Å². The second kappa shape index (κ2) is 4.28. The molecule has 0 spiro atoms. The zero-order valence-corrected chi connectivity index (χ0v) is 8.90. The Labute approximate surface area is 92.7 Å². The van der Waals surface area contributed by atoms with Crippen molar-refractivity contribution in [3.05, 3.63) is 47.5 Å². The van der Waals surface area contributed by atoms with Crippen LogP contribution in [0.15, 0.2) is 36.7 Å². The summed E-state index contributed by atoms with van der Waals surface area (Å²) in [6.07, 6.45) is 3.08. The van der Waals surface area contributed by atoms with Gasteiger partial charge in [-0.2, -0.15) is 0 Å². The lowest BCUT2D eigenvalue weighted by Crippen LogP contribution is -1.87. The van der Waals surface area contributed by atoms with Gasteiger partial charge in [0.15, 0.2) is 5.75 Å². The van der Waals surface area contributed by atoms with Gasteiger partial charge in [0.25, 0.3) is 0 Å². The molecule has 3 nitrogen and oxygen atoms in total. The maximum absolute atomic E-state index is 5.56. The Bertz CT molecular complexity index is 456. The lowest BCUT2D eigenvalue weighted by molar-refractivity contribution is 0.477. The van der Waals surface area contributed by atoms with Crippen molar-refractivity contribution in [1.29, 1.82) is 0 Å². The second-order valence-corrected chi connectivity index (χ2v) is 3.44. The summed E-state index contributed by atoms with van der Waals surface area (Å²) in [5.74, 6) is 1.34. The summed E-state index contributed by atoms with van der Waals surface area (Å²) < 4.78 is 5.53. The average molecular weight is 221 g/mol. The maximum atomic E-state index is 5.56. The summed E-state index contributed by atoms with van der Waals surface area (Å²) in [5, 5.41) is 0.214. The van der Waals surface area contributed by atoms with Gasteiger partial charge in [-0.15, -0.1) is 0 Å². The fourth-order valence-electron chi connectivity index (χ4n) is 1.17. The first-order valence-corrected chi connectivity index (χ1v) is 4.84. The van der Waals surface area contributed by atoms with E-state index in [2.05, 4.69) is 9.97 Å². The third kappa shape index (κ3) is 2.67. The molecule has 0 atom stereocenters. The molecule has 0 N–H and O–H groups in total. The molecule has 0 aliphatic carbocycles. The molecule has 0 radical (unpaired) electrons. The number of hydrogen-bond donors (Lipinski definition) is 0. The third-order valence-electron chi connectivity index (χ3n) is 1.82. The standard InChI is InChI=1S/C11H9ClN2O/c1-8-3-2-4-9(5-8)15-10-6-13-11(12)14-7-10/h2-7H,1H3. The molecular formula is C11H9ClN2O. The van der Waals surface area contributed by atoms with Gasteiger partial charge in [0.2, 0.25) is 5.28 Å². The highest BCUT2D eigenvalue weighted by atomic mass is 35.5. The van der Waals surface area contributed by atoms with E-state index >= 15 is 0 Å². The van der Waals surface area contributed by atoms with Crippen molar-refractivity contribution in [2.24, 2.45) is 0 Å². The highest BCUT2D eigenvalue weighted by Crippen LogP contribution is 2.20. The Morgan fingerprint density at radius 1 is 1.13 bits per heavy atom. The molecule has 0 saturated carbocycles. The molecule has 0 fully saturated rings. The minimum atomic E-state index is 0.214. The van der Waals surface area contributed by atoms with Crippen molar-refractivity contribution < 1.29 is 4.74 Å². The first kappa shape index (κ1) is 9.93. The van der Waals surface area contributed by atoms with Crippen LogP contribution in [0.2, 0.25) is 5.28 Å². The smallest absolute Gasteiger partial charge is 0.222 e. The number of rotatable bonds is 2. The zero-order chi connectivity index (χ0) is 10.7. The molecule has 1 heterocycles.